The summed E-state index contributed by atoms with van der Waals surface area (Å²) in [5.74, 6) is -0.485. The number of rotatable bonds is 7. The fraction of sp³-hybridized carbons (Fsp3) is 0.200. The summed E-state index contributed by atoms with van der Waals surface area (Å²) in [6, 6.07) is 21.7. The summed E-state index contributed by atoms with van der Waals surface area (Å²) in [5.41, 5.74) is 3.47. The van der Waals surface area contributed by atoms with Crippen LogP contribution in [0.4, 0.5) is 22.7 Å². The van der Waals surface area contributed by atoms with Crippen molar-refractivity contribution < 1.29 is 14.3 Å². The average Bonchev–Trinajstić information content (AvgIpc) is 2.85. The van der Waals surface area contributed by atoms with Crippen LogP contribution in [0.5, 0.6) is 0 Å². The second-order valence-electron chi connectivity index (χ2n) is 7.55. The molecule has 4 rings (SSSR count). The Kier molecular flexibility index (Phi) is 7.44. The summed E-state index contributed by atoms with van der Waals surface area (Å²) in [4.78, 5) is 27.4. The molecule has 1 fully saturated rings. The van der Waals surface area contributed by atoms with E-state index in [-0.39, 0.29) is 18.4 Å². The van der Waals surface area contributed by atoms with E-state index in [4.69, 9.17) is 16.3 Å². The third-order valence-electron chi connectivity index (χ3n) is 5.24. The second kappa shape index (κ2) is 10.8. The minimum absolute atomic E-state index is 0.0243. The number of nitrogens with zero attached hydrogens (tertiary/aromatic N) is 1. The predicted octanol–water partition coefficient (Wildman–Crippen LogP) is 4.48. The van der Waals surface area contributed by atoms with Crippen molar-refractivity contribution in [1.29, 1.82) is 0 Å². The largest absolute Gasteiger partial charge is 0.378 e. The van der Waals surface area contributed by atoms with E-state index in [1.807, 2.05) is 30.3 Å². The Balaban J connectivity index is 1.32. The van der Waals surface area contributed by atoms with Crippen molar-refractivity contribution in [3.8, 4) is 0 Å². The highest BCUT2D eigenvalue weighted by atomic mass is 35.5. The first-order valence-corrected chi connectivity index (χ1v) is 11.1. The molecule has 3 aromatic carbocycles. The van der Waals surface area contributed by atoms with Crippen molar-refractivity contribution in [2.24, 2.45) is 0 Å². The van der Waals surface area contributed by atoms with Crippen LogP contribution >= 0.6 is 11.6 Å². The molecule has 0 saturated carbocycles. The van der Waals surface area contributed by atoms with Crippen LogP contribution < -0.4 is 20.9 Å². The van der Waals surface area contributed by atoms with Crippen LogP contribution in [-0.2, 0) is 9.53 Å². The monoisotopic (exact) mass is 464 g/mol. The van der Waals surface area contributed by atoms with Crippen LogP contribution in [0.2, 0.25) is 5.02 Å². The van der Waals surface area contributed by atoms with Gasteiger partial charge in [-0.1, -0.05) is 23.7 Å². The summed E-state index contributed by atoms with van der Waals surface area (Å²) in [5, 5.41) is 9.36. The minimum atomic E-state index is -0.278. The molecule has 1 heterocycles. The maximum atomic E-state index is 12.7. The zero-order valence-electron chi connectivity index (χ0n) is 18.0. The summed E-state index contributed by atoms with van der Waals surface area (Å²) >= 11 is 5.90. The van der Waals surface area contributed by atoms with Crippen molar-refractivity contribution in [2.75, 3.05) is 53.7 Å². The number of carbonyl (C=O) groups is 2. The molecule has 0 aliphatic carbocycles. The smallest absolute Gasteiger partial charge is 0.257 e. The summed E-state index contributed by atoms with van der Waals surface area (Å²) in [7, 11) is 0. The van der Waals surface area contributed by atoms with E-state index in [1.165, 1.54) is 0 Å². The highest BCUT2D eigenvalue weighted by molar-refractivity contribution is 6.30. The van der Waals surface area contributed by atoms with Gasteiger partial charge in [-0.25, -0.2) is 0 Å². The number of carbonyl (C=O) groups excluding carboxylic acids is 2. The molecule has 1 aliphatic rings. The topological polar surface area (TPSA) is 82.7 Å². The molecule has 0 radical (unpaired) electrons. The van der Waals surface area contributed by atoms with Gasteiger partial charge in [0, 0.05) is 40.9 Å². The van der Waals surface area contributed by atoms with E-state index in [9.17, 15) is 9.59 Å². The van der Waals surface area contributed by atoms with Gasteiger partial charge in [0.25, 0.3) is 5.91 Å². The lowest BCUT2D eigenvalue weighted by Gasteiger charge is -2.28. The molecule has 7 nitrogen and oxygen atoms in total. The fourth-order valence-corrected chi connectivity index (χ4v) is 3.65. The zero-order valence-corrected chi connectivity index (χ0v) is 18.8. The maximum absolute atomic E-state index is 12.7. The molecule has 1 saturated heterocycles. The maximum Gasteiger partial charge on any atom is 0.257 e. The Morgan fingerprint density at radius 3 is 2.21 bits per heavy atom. The van der Waals surface area contributed by atoms with Gasteiger partial charge in [-0.15, -0.1) is 0 Å². The van der Waals surface area contributed by atoms with Crippen LogP contribution in [0.1, 0.15) is 10.4 Å². The third-order valence-corrected chi connectivity index (χ3v) is 5.49. The number of hydrogen-bond donors (Lipinski definition) is 3. The standard InChI is InChI=1S/C25H25ClN4O3/c26-18-5-7-20(8-6-18)29-25(32)22-3-1-2-4-23(22)27-17-24(31)28-19-9-11-21(12-10-19)30-13-15-33-16-14-30/h1-12,27H,13-17H2,(H,28,31)(H,29,32). The molecular weight excluding hydrogens is 440 g/mol. The molecular formula is C25H25ClN4O3. The van der Waals surface area contributed by atoms with Crippen molar-refractivity contribution in [1.82, 2.24) is 0 Å². The molecule has 1 aliphatic heterocycles. The summed E-state index contributed by atoms with van der Waals surface area (Å²) < 4.78 is 5.38. The Labute approximate surface area is 197 Å². The van der Waals surface area contributed by atoms with Gasteiger partial charge in [-0.05, 0) is 60.7 Å². The molecule has 0 aromatic heterocycles. The van der Waals surface area contributed by atoms with Crippen LogP contribution in [0.25, 0.3) is 0 Å². The lowest BCUT2D eigenvalue weighted by atomic mass is 10.1. The number of anilines is 4. The number of ether oxygens (including phenoxy) is 1. The van der Waals surface area contributed by atoms with Gasteiger partial charge in [-0.2, -0.15) is 0 Å². The fourth-order valence-electron chi connectivity index (χ4n) is 3.52. The summed E-state index contributed by atoms with van der Waals surface area (Å²) in [6.45, 7) is 3.20. The number of halogens is 1. The van der Waals surface area contributed by atoms with Crippen LogP contribution in [0, 0.1) is 0 Å². The van der Waals surface area contributed by atoms with Crippen molar-refractivity contribution in [3.05, 3.63) is 83.4 Å². The molecule has 0 atom stereocenters. The molecule has 2 amide bonds. The average molecular weight is 465 g/mol. The molecule has 3 aromatic rings. The number of hydrogen-bond acceptors (Lipinski definition) is 5. The highest BCUT2D eigenvalue weighted by Gasteiger charge is 2.13. The van der Waals surface area contributed by atoms with E-state index in [0.29, 0.717) is 27.6 Å². The van der Waals surface area contributed by atoms with Crippen molar-refractivity contribution >= 4 is 46.2 Å². The minimum Gasteiger partial charge on any atom is -0.378 e. The van der Waals surface area contributed by atoms with Gasteiger partial charge >= 0.3 is 0 Å². The highest BCUT2D eigenvalue weighted by Crippen LogP contribution is 2.20. The number of nitrogens with one attached hydrogen (secondary N) is 3. The number of morpholine rings is 1. The zero-order chi connectivity index (χ0) is 23.0. The predicted molar refractivity (Wildman–Crippen MR) is 132 cm³/mol. The lowest BCUT2D eigenvalue weighted by molar-refractivity contribution is -0.114. The van der Waals surface area contributed by atoms with Crippen LogP contribution in [0.15, 0.2) is 72.8 Å². The quantitative estimate of drug-likeness (QED) is 0.480. The Hall–Kier alpha value is -3.55. The van der Waals surface area contributed by atoms with Crippen LogP contribution in [-0.4, -0.2) is 44.7 Å². The Morgan fingerprint density at radius 1 is 0.848 bits per heavy atom. The van der Waals surface area contributed by atoms with Crippen LogP contribution in [0.3, 0.4) is 0 Å². The number of para-hydroxylation sites is 1. The van der Waals surface area contributed by atoms with Gasteiger partial charge in [0.05, 0.1) is 25.3 Å². The van der Waals surface area contributed by atoms with E-state index < -0.39 is 0 Å². The number of benzene rings is 3. The lowest BCUT2D eigenvalue weighted by Crippen LogP contribution is -2.36. The molecule has 8 heteroatoms. The molecule has 0 bridgehead atoms. The molecule has 0 spiro atoms. The first-order valence-electron chi connectivity index (χ1n) is 10.7. The van der Waals surface area contributed by atoms with E-state index in [1.54, 1.807) is 42.5 Å². The normalized spacial score (nSPS) is 13.3. The van der Waals surface area contributed by atoms with Gasteiger partial charge in [0.15, 0.2) is 0 Å². The third kappa shape index (κ3) is 6.25. The van der Waals surface area contributed by atoms with Gasteiger partial charge in [-0.3, -0.25) is 9.59 Å². The molecule has 3 N–H and O–H groups in total. The van der Waals surface area contributed by atoms with Crippen molar-refractivity contribution in [3.63, 3.8) is 0 Å². The Bertz CT molecular complexity index is 1100. The summed E-state index contributed by atoms with van der Waals surface area (Å²) in [6.07, 6.45) is 0. The number of amides is 2. The van der Waals surface area contributed by atoms with Gasteiger partial charge < -0.3 is 25.6 Å². The SMILES string of the molecule is O=C(CNc1ccccc1C(=O)Nc1ccc(Cl)cc1)Nc1ccc(N2CCOCC2)cc1. The van der Waals surface area contributed by atoms with Gasteiger partial charge in [0.1, 0.15) is 0 Å². The molecule has 33 heavy (non-hydrogen) atoms. The first-order chi connectivity index (χ1) is 16.1. The van der Waals surface area contributed by atoms with Crippen molar-refractivity contribution in [2.45, 2.75) is 0 Å². The molecule has 170 valence electrons. The second-order valence-corrected chi connectivity index (χ2v) is 7.99. The van der Waals surface area contributed by atoms with E-state index in [2.05, 4.69) is 20.9 Å². The molecule has 0 unspecified atom stereocenters. The Morgan fingerprint density at radius 2 is 1.48 bits per heavy atom. The first kappa shape index (κ1) is 22.6. The van der Waals surface area contributed by atoms with E-state index >= 15 is 0 Å². The van der Waals surface area contributed by atoms with E-state index in [0.717, 1.165) is 32.0 Å². The van der Waals surface area contributed by atoms with Gasteiger partial charge in [0.2, 0.25) is 5.91 Å².